The maximum atomic E-state index is 12.9. The van der Waals surface area contributed by atoms with Crippen LogP contribution in [0.1, 0.15) is 29.0 Å². The molecule has 0 fully saturated rings. The van der Waals surface area contributed by atoms with Crippen molar-refractivity contribution < 1.29 is 29.6 Å². The van der Waals surface area contributed by atoms with Gasteiger partial charge in [0.25, 0.3) is 5.75 Å². The molecule has 0 saturated carbocycles. The molecule has 11 nitrogen and oxygen atoms in total. The zero-order valence-corrected chi connectivity index (χ0v) is 18.2. The normalized spacial score (nSPS) is 11.6. The van der Waals surface area contributed by atoms with E-state index in [1.807, 2.05) is 60.7 Å². The molecule has 1 atom stereocenters. The van der Waals surface area contributed by atoms with Crippen molar-refractivity contribution in [3.8, 4) is 5.75 Å². The van der Waals surface area contributed by atoms with E-state index in [-0.39, 0.29) is 17.9 Å². The molecule has 35 heavy (non-hydrogen) atoms. The number of hydrogen-bond donors (Lipinski definition) is 3. The summed E-state index contributed by atoms with van der Waals surface area (Å²) in [7, 11) is 0. The molecule has 3 aromatic carbocycles. The molecular formula is C24H21N3O8. The summed E-state index contributed by atoms with van der Waals surface area (Å²) in [5.41, 5.74) is -0.261. The van der Waals surface area contributed by atoms with E-state index in [9.17, 15) is 40.0 Å². The van der Waals surface area contributed by atoms with Gasteiger partial charge in [0.05, 0.1) is 9.85 Å². The second kappa shape index (κ2) is 10.9. The van der Waals surface area contributed by atoms with Crippen molar-refractivity contribution >= 4 is 23.3 Å². The van der Waals surface area contributed by atoms with Gasteiger partial charge in [-0.25, -0.2) is 4.79 Å². The topological polar surface area (TPSA) is 173 Å². The van der Waals surface area contributed by atoms with Gasteiger partial charge in [0.15, 0.2) is 0 Å². The molecule has 0 radical (unpaired) electrons. The highest BCUT2D eigenvalue weighted by Gasteiger charge is 2.29. The molecule has 0 aromatic heterocycles. The first-order chi connectivity index (χ1) is 16.7. The molecule has 0 spiro atoms. The van der Waals surface area contributed by atoms with E-state index in [0.717, 1.165) is 23.3 Å². The third kappa shape index (κ3) is 6.16. The standard InChI is InChI=1S/C24H21N3O8/c28-22(14-18(16-7-3-1-4-8-16)17-9-5-2-6-10-17)25-19(24(30)31)11-15-12-20(26(32)33)23(29)21(13-15)27(34)35/h1-10,12-13,18-19,29H,11,14H2,(H,25,28)(H,30,31)/t19-/m0/s1. The van der Waals surface area contributed by atoms with Gasteiger partial charge in [-0.15, -0.1) is 0 Å². The van der Waals surface area contributed by atoms with E-state index < -0.39 is 51.3 Å². The minimum atomic E-state index is -1.52. The van der Waals surface area contributed by atoms with E-state index in [0.29, 0.717) is 0 Å². The van der Waals surface area contributed by atoms with Crippen LogP contribution in [0.25, 0.3) is 0 Å². The molecule has 0 aliphatic heterocycles. The van der Waals surface area contributed by atoms with E-state index in [4.69, 9.17) is 0 Å². The van der Waals surface area contributed by atoms with E-state index in [1.54, 1.807) is 0 Å². The Morgan fingerprint density at radius 1 is 0.857 bits per heavy atom. The fraction of sp³-hybridized carbons (Fsp3) is 0.167. The molecule has 11 heteroatoms. The van der Waals surface area contributed by atoms with Crippen molar-refractivity contribution in [2.45, 2.75) is 24.8 Å². The predicted molar refractivity (Wildman–Crippen MR) is 124 cm³/mol. The van der Waals surface area contributed by atoms with Crippen molar-refractivity contribution in [1.82, 2.24) is 5.32 Å². The van der Waals surface area contributed by atoms with Gasteiger partial charge in [0.2, 0.25) is 5.91 Å². The van der Waals surface area contributed by atoms with Gasteiger partial charge < -0.3 is 15.5 Å². The lowest BCUT2D eigenvalue weighted by atomic mass is 9.88. The van der Waals surface area contributed by atoms with Crippen LogP contribution in [0, 0.1) is 20.2 Å². The van der Waals surface area contributed by atoms with Gasteiger partial charge in [-0.2, -0.15) is 0 Å². The third-order valence-corrected chi connectivity index (χ3v) is 5.39. The van der Waals surface area contributed by atoms with Crippen LogP contribution in [0.4, 0.5) is 11.4 Å². The van der Waals surface area contributed by atoms with Gasteiger partial charge in [-0.05, 0) is 16.7 Å². The number of rotatable bonds is 10. The number of carbonyl (C=O) groups excluding carboxylic acids is 1. The number of nitro benzene ring substituents is 2. The Morgan fingerprint density at radius 2 is 1.31 bits per heavy atom. The van der Waals surface area contributed by atoms with Crippen LogP contribution in [0.2, 0.25) is 0 Å². The molecule has 0 heterocycles. The monoisotopic (exact) mass is 479 g/mol. The molecule has 3 rings (SSSR count). The average molecular weight is 479 g/mol. The Hall–Kier alpha value is -4.80. The molecule has 0 bridgehead atoms. The summed E-state index contributed by atoms with van der Waals surface area (Å²) in [6, 6.07) is 18.6. The van der Waals surface area contributed by atoms with Gasteiger partial charge in [-0.1, -0.05) is 60.7 Å². The SMILES string of the molecule is O=C(CC(c1ccccc1)c1ccccc1)N[C@@H](Cc1cc([N+](=O)[O-])c(O)c([N+](=O)[O-])c1)C(=O)O. The number of aliphatic carboxylic acids is 1. The summed E-state index contributed by atoms with van der Waals surface area (Å²) < 4.78 is 0. The van der Waals surface area contributed by atoms with Gasteiger partial charge >= 0.3 is 17.3 Å². The molecule has 180 valence electrons. The fourth-order valence-electron chi connectivity index (χ4n) is 3.73. The van der Waals surface area contributed by atoms with Crippen LogP contribution >= 0.6 is 0 Å². The summed E-state index contributed by atoms with van der Waals surface area (Å²) in [6.45, 7) is 0. The number of nitrogens with one attached hydrogen (secondary N) is 1. The Morgan fingerprint density at radius 3 is 1.71 bits per heavy atom. The van der Waals surface area contributed by atoms with Crippen LogP contribution < -0.4 is 5.32 Å². The van der Waals surface area contributed by atoms with Crippen LogP contribution in [0.5, 0.6) is 5.75 Å². The maximum absolute atomic E-state index is 12.9. The number of carbonyl (C=O) groups is 2. The van der Waals surface area contributed by atoms with Crippen LogP contribution in [0.15, 0.2) is 72.8 Å². The second-order valence-corrected chi connectivity index (χ2v) is 7.74. The van der Waals surface area contributed by atoms with Crippen molar-refractivity contribution in [3.63, 3.8) is 0 Å². The summed E-state index contributed by atoms with van der Waals surface area (Å²) in [4.78, 5) is 45.0. The zero-order valence-electron chi connectivity index (χ0n) is 18.2. The minimum absolute atomic E-state index is 0.0757. The summed E-state index contributed by atoms with van der Waals surface area (Å²) in [6.07, 6.45) is -0.544. The quantitative estimate of drug-likeness (QED) is 0.292. The molecule has 0 unspecified atom stereocenters. The number of phenols is 1. The van der Waals surface area contributed by atoms with Crippen LogP contribution in [0.3, 0.4) is 0 Å². The summed E-state index contributed by atoms with van der Waals surface area (Å²) in [5.74, 6) is -3.50. The first kappa shape index (κ1) is 24.8. The third-order valence-electron chi connectivity index (χ3n) is 5.39. The number of nitro groups is 2. The Labute approximate surface area is 199 Å². The molecule has 3 N–H and O–H groups in total. The van der Waals surface area contributed by atoms with Crippen molar-refractivity contribution in [3.05, 3.63) is 110 Å². The van der Waals surface area contributed by atoms with Crippen molar-refractivity contribution in [2.24, 2.45) is 0 Å². The van der Waals surface area contributed by atoms with Gasteiger partial charge in [-0.3, -0.25) is 25.0 Å². The lowest BCUT2D eigenvalue weighted by Crippen LogP contribution is -2.42. The van der Waals surface area contributed by atoms with Gasteiger partial charge in [0.1, 0.15) is 6.04 Å². The molecular weight excluding hydrogens is 458 g/mol. The predicted octanol–water partition coefficient (Wildman–Crippen LogP) is 3.54. The Balaban J connectivity index is 1.84. The first-order valence-electron chi connectivity index (χ1n) is 10.4. The van der Waals surface area contributed by atoms with Crippen molar-refractivity contribution in [2.75, 3.05) is 0 Å². The van der Waals surface area contributed by atoms with Crippen LogP contribution in [-0.2, 0) is 16.0 Å². The molecule has 3 aromatic rings. The maximum Gasteiger partial charge on any atom is 0.326 e. The number of aromatic hydroxyl groups is 1. The zero-order chi connectivity index (χ0) is 25.5. The van der Waals surface area contributed by atoms with E-state index in [1.165, 1.54) is 0 Å². The van der Waals surface area contributed by atoms with Crippen molar-refractivity contribution in [1.29, 1.82) is 0 Å². The largest absolute Gasteiger partial charge is 0.497 e. The lowest BCUT2D eigenvalue weighted by Gasteiger charge is -2.20. The summed E-state index contributed by atoms with van der Waals surface area (Å²) in [5, 5.41) is 44.2. The molecule has 0 aliphatic carbocycles. The molecule has 0 saturated heterocycles. The lowest BCUT2D eigenvalue weighted by molar-refractivity contribution is -0.396. The summed E-state index contributed by atoms with van der Waals surface area (Å²) >= 11 is 0. The number of carboxylic acids is 1. The Bertz CT molecular complexity index is 1170. The van der Waals surface area contributed by atoms with E-state index >= 15 is 0 Å². The average Bonchev–Trinajstić information content (AvgIpc) is 2.83. The highest BCUT2D eigenvalue weighted by molar-refractivity contribution is 5.84. The first-order valence-corrected chi connectivity index (χ1v) is 10.4. The smallest absolute Gasteiger partial charge is 0.326 e. The number of nitrogens with zero attached hydrogens (tertiary/aromatic N) is 2. The van der Waals surface area contributed by atoms with Gasteiger partial charge in [0, 0.05) is 30.9 Å². The number of phenolic OH excluding ortho intramolecular Hbond substituents is 1. The number of amides is 1. The highest BCUT2D eigenvalue weighted by atomic mass is 16.6. The number of benzene rings is 3. The van der Waals surface area contributed by atoms with E-state index in [2.05, 4.69) is 5.32 Å². The van der Waals surface area contributed by atoms with Crippen LogP contribution in [-0.4, -0.2) is 38.0 Å². The molecule has 0 aliphatic rings. The molecule has 1 amide bonds. The number of carboxylic acid groups (broad SMARTS) is 1. The second-order valence-electron chi connectivity index (χ2n) is 7.74. The fourth-order valence-corrected chi connectivity index (χ4v) is 3.73. The number of hydrogen-bond acceptors (Lipinski definition) is 7. The minimum Gasteiger partial charge on any atom is -0.497 e. The highest BCUT2D eigenvalue weighted by Crippen LogP contribution is 2.37. The Kier molecular flexibility index (Phi) is 7.72.